The Labute approximate surface area is 413 Å². The molecule has 4 saturated heterocycles. The molecular formula is C50H82N4O16. The van der Waals surface area contributed by atoms with E-state index in [1.165, 1.54) is 14.2 Å². The summed E-state index contributed by atoms with van der Waals surface area (Å²) in [5.74, 6) is -2.45. The Morgan fingerprint density at radius 2 is 1.57 bits per heavy atom. The summed E-state index contributed by atoms with van der Waals surface area (Å²) in [5.41, 5.74) is -3.74. The zero-order chi connectivity index (χ0) is 52.0. The largest absolute Gasteiger partial charge is 0.509 e. The van der Waals surface area contributed by atoms with Crippen molar-refractivity contribution in [3.05, 3.63) is 29.8 Å². The van der Waals surface area contributed by atoms with E-state index in [4.69, 9.17) is 47.4 Å². The van der Waals surface area contributed by atoms with E-state index in [1.807, 2.05) is 65.6 Å². The molecule has 4 N–H and O–H groups in total. The molecule has 20 heteroatoms. The van der Waals surface area contributed by atoms with E-state index in [2.05, 4.69) is 10.6 Å². The molecule has 20 nitrogen and oxygen atoms in total. The van der Waals surface area contributed by atoms with E-state index in [1.54, 1.807) is 58.9 Å². The van der Waals surface area contributed by atoms with Gasteiger partial charge in [0, 0.05) is 56.7 Å². The molecule has 5 rings (SSSR count). The number of aliphatic hydroxyl groups is 2. The first-order valence-electron chi connectivity index (χ1n) is 24.7. The summed E-state index contributed by atoms with van der Waals surface area (Å²) in [5, 5.41) is 30.0. The van der Waals surface area contributed by atoms with Crippen molar-refractivity contribution in [3.63, 3.8) is 0 Å². The number of methoxy groups -OCH3 is 2. The first-order valence-corrected chi connectivity index (χ1v) is 24.7. The number of ether oxygens (including phenoxy) is 10. The lowest BCUT2D eigenvalue weighted by Gasteiger charge is -2.49. The van der Waals surface area contributed by atoms with Crippen LogP contribution in [0.15, 0.2) is 24.3 Å². The zero-order valence-corrected chi connectivity index (χ0v) is 43.9. The molecule has 4 aliphatic rings. The molecule has 70 heavy (non-hydrogen) atoms. The minimum Gasteiger partial charge on any atom is -0.497 e. The fraction of sp³-hybridized carbons (Fsp3) is 0.800. The van der Waals surface area contributed by atoms with Crippen molar-refractivity contribution < 1.29 is 76.8 Å². The number of benzene rings is 1. The van der Waals surface area contributed by atoms with E-state index in [0.717, 1.165) is 0 Å². The van der Waals surface area contributed by atoms with Crippen LogP contribution in [0.5, 0.6) is 5.75 Å². The number of hydrogen-bond acceptors (Lipinski definition) is 18. The van der Waals surface area contributed by atoms with Crippen molar-refractivity contribution in [2.24, 2.45) is 17.8 Å². The second-order valence-corrected chi connectivity index (χ2v) is 20.9. The number of amides is 2. The van der Waals surface area contributed by atoms with Crippen LogP contribution in [0.2, 0.25) is 0 Å². The number of aliphatic hydroxyl groups excluding tert-OH is 1. The lowest BCUT2D eigenvalue weighted by molar-refractivity contribution is -0.317. The van der Waals surface area contributed by atoms with Crippen molar-refractivity contribution in [1.82, 2.24) is 20.4 Å². The van der Waals surface area contributed by atoms with Crippen LogP contribution in [-0.4, -0.2) is 189 Å². The van der Waals surface area contributed by atoms with Gasteiger partial charge >= 0.3 is 18.2 Å². The number of alkyl carbamates (subject to hydrolysis) is 1. The van der Waals surface area contributed by atoms with Crippen LogP contribution in [0.1, 0.15) is 105 Å². The Morgan fingerprint density at radius 1 is 0.914 bits per heavy atom. The minimum absolute atomic E-state index is 0.0228. The number of esters is 1. The second-order valence-electron chi connectivity index (χ2n) is 20.9. The summed E-state index contributed by atoms with van der Waals surface area (Å²) in [4.78, 5) is 57.5. The topological polar surface area (TPSA) is 232 Å². The van der Waals surface area contributed by atoms with Crippen LogP contribution >= 0.6 is 0 Å². The molecule has 0 aliphatic carbocycles. The van der Waals surface area contributed by atoms with Gasteiger partial charge in [-0.3, -0.25) is 14.5 Å². The third kappa shape index (κ3) is 13.2. The predicted molar refractivity (Wildman–Crippen MR) is 255 cm³/mol. The van der Waals surface area contributed by atoms with Crippen molar-refractivity contribution >= 4 is 24.1 Å². The fourth-order valence-electron chi connectivity index (χ4n) is 10.9. The van der Waals surface area contributed by atoms with Gasteiger partial charge in [-0.05, 0) is 119 Å². The summed E-state index contributed by atoms with van der Waals surface area (Å²) in [7, 11) is 8.68. The fourth-order valence-corrected chi connectivity index (χ4v) is 10.9. The highest BCUT2D eigenvalue weighted by Crippen LogP contribution is 2.42. The first-order chi connectivity index (χ1) is 32.8. The number of hydrogen-bond donors (Lipinski definition) is 4. The van der Waals surface area contributed by atoms with E-state index in [9.17, 15) is 29.4 Å². The molecule has 4 heterocycles. The molecule has 4 aliphatic heterocycles. The van der Waals surface area contributed by atoms with Gasteiger partial charge in [0.15, 0.2) is 30.4 Å². The Balaban J connectivity index is 1.43. The number of nitrogens with zero attached hydrogens (tertiary/aromatic N) is 2. The molecule has 2 amide bonds. The summed E-state index contributed by atoms with van der Waals surface area (Å²) in [6.07, 6.45) is -9.93. The molecule has 1 aromatic rings. The van der Waals surface area contributed by atoms with Crippen LogP contribution < -0.4 is 15.4 Å². The Kier molecular flexibility index (Phi) is 19.4. The van der Waals surface area contributed by atoms with Crippen LogP contribution in [0.4, 0.5) is 9.59 Å². The molecule has 0 radical (unpaired) electrons. The Hall–Kier alpha value is -3.86. The van der Waals surface area contributed by atoms with Gasteiger partial charge in [0.25, 0.3) is 5.91 Å². The van der Waals surface area contributed by atoms with Crippen LogP contribution in [0, 0.1) is 17.8 Å². The molecule has 0 bridgehead atoms. The number of likely N-dealkylation sites (N-methyl/N-ethyl adjacent to an activating group) is 2. The van der Waals surface area contributed by atoms with E-state index in [-0.39, 0.29) is 56.3 Å². The molecular weight excluding hydrogens is 913 g/mol. The maximum absolute atomic E-state index is 14.7. The van der Waals surface area contributed by atoms with Gasteiger partial charge in [0.05, 0.1) is 43.0 Å². The second kappa shape index (κ2) is 23.8. The smallest absolute Gasteiger partial charge is 0.497 e. The average molecular weight is 995 g/mol. The number of nitrogens with one attached hydrogen (secondary N) is 2. The summed E-state index contributed by atoms with van der Waals surface area (Å²) in [6.45, 7) is 18.7. The summed E-state index contributed by atoms with van der Waals surface area (Å²) < 4.78 is 61.7. The third-order valence-corrected chi connectivity index (χ3v) is 14.9. The summed E-state index contributed by atoms with van der Waals surface area (Å²) in [6, 6.07) is 5.92. The van der Waals surface area contributed by atoms with Crippen LogP contribution in [-0.2, 0) is 47.4 Å². The number of fused-ring (bicyclic) bond motifs is 1. The highest BCUT2D eigenvalue weighted by atomic mass is 16.8. The lowest BCUT2D eigenvalue weighted by Crippen LogP contribution is -2.61. The van der Waals surface area contributed by atoms with Crippen molar-refractivity contribution in [1.29, 1.82) is 0 Å². The number of carbonyl (C=O) groups excluding carboxylic acids is 4. The van der Waals surface area contributed by atoms with Crippen LogP contribution in [0.25, 0.3) is 0 Å². The van der Waals surface area contributed by atoms with Gasteiger partial charge < -0.3 is 73.1 Å². The van der Waals surface area contributed by atoms with E-state index in [0.29, 0.717) is 24.3 Å². The van der Waals surface area contributed by atoms with E-state index < -0.39 is 108 Å². The highest BCUT2D eigenvalue weighted by Gasteiger charge is 2.58. The monoisotopic (exact) mass is 995 g/mol. The van der Waals surface area contributed by atoms with Gasteiger partial charge in [-0.1, -0.05) is 20.8 Å². The quantitative estimate of drug-likeness (QED) is 0.123. The number of rotatable bonds is 13. The normalized spacial score (nSPS) is 40.1. The van der Waals surface area contributed by atoms with Gasteiger partial charge in [0.2, 0.25) is 0 Å². The molecule has 18 atom stereocenters. The van der Waals surface area contributed by atoms with Crippen molar-refractivity contribution in [2.45, 2.75) is 185 Å². The molecule has 0 spiro atoms. The average Bonchev–Trinajstić information content (AvgIpc) is 3.62. The lowest BCUT2D eigenvalue weighted by atomic mass is 9.77. The minimum atomic E-state index is -1.62. The van der Waals surface area contributed by atoms with E-state index >= 15 is 0 Å². The number of cyclic esters (lactones) is 1. The van der Waals surface area contributed by atoms with Gasteiger partial charge in [-0.15, -0.1) is 0 Å². The molecule has 0 aromatic heterocycles. The van der Waals surface area contributed by atoms with Gasteiger partial charge in [-0.2, -0.15) is 0 Å². The Morgan fingerprint density at radius 3 is 2.19 bits per heavy atom. The third-order valence-electron chi connectivity index (χ3n) is 14.9. The summed E-state index contributed by atoms with van der Waals surface area (Å²) >= 11 is 0. The molecule has 0 unspecified atom stereocenters. The maximum atomic E-state index is 14.7. The molecule has 0 saturated carbocycles. The zero-order valence-electron chi connectivity index (χ0n) is 43.9. The standard InChI is InChI=1S/C50H82N4O16/c1-16-36-50(10)41(69-47(59)70-50)31(6)54(13)26-27(2)24-48(8,60)40(67-45-38(55)35(53(11)12)23-28(3)63-45)29(4)39(30(5)44(57)65-36)66-37-25-49(9,62-15)42(32(7)64-37)68-46(58)52-22-21-51-43(56)33-17-19-34(61-14)20-18-33/h17-20,27-32,35-42,45,55,60H,16,21-26H2,1-15H3,(H,51,56)(H,52,58)/t27-,28-,29+,30-,31-,32+,35+,36-,37+,38-,39+,40-,41-,42+,45+,48-,49-,50-/m1/s1. The maximum Gasteiger partial charge on any atom is 0.509 e. The molecule has 398 valence electrons. The SMILES string of the molecule is CC[C@H]1OC(=O)[C@H](C)[C@@H](O[C@H]2C[C@@](C)(OC)[C@@H](OC(=O)NCCNC(=O)c3ccc(OC)cc3)[C@H](C)O2)[C@H](C)[C@@H](O[C@@H]2O[C@H](C)C[C@H](N(C)C)[C@H]2O)[C@](C)(O)C[C@@H](C)CN(C)[C@H](C)[C@H]2OC(=O)O[C@@]21C. The van der Waals surface area contributed by atoms with Crippen molar-refractivity contribution in [2.75, 3.05) is 55.0 Å². The Bertz CT molecular complexity index is 1910. The molecule has 1 aromatic carbocycles. The van der Waals surface area contributed by atoms with Gasteiger partial charge in [0.1, 0.15) is 23.6 Å². The highest BCUT2D eigenvalue weighted by molar-refractivity contribution is 5.94. The number of carbonyl (C=O) groups is 4. The van der Waals surface area contributed by atoms with Gasteiger partial charge in [-0.25, -0.2) is 9.59 Å². The molecule has 4 fully saturated rings. The predicted octanol–water partition coefficient (Wildman–Crippen LogP) is 4.26. The first kappa shape index (κ1) is 57.0. The van der Waals surface area contributed by atoms with Crippen LogP contribution in [0.3, 0.4) is 0 Å². The van der Waals surface area contributed by atoms with Crippen molar-refractivity contribution in [3.8, 4) is 5.75 Å².